The number of hydrogen-bond acceptors (Lipinski definition) is 5. The summed E-state index contributed by atoms with van der Waals surface area (Å²) in [6, 6.07) is -0.634. The van der Waals surface area contributed by atoms with Gasteiger partial charge in [-0.3, -0.25) is 9.59 Å². The summed E-state index contributed by atoms with van der Waals surface area (Å²) >= 11 is 0. The number of aliphatic hydroxyl groups excluding tert-OH is 2. The van der Waals surface area contributed by atoms with Crippen molar-refractivity contribution >= 4 is 11.9 Å². The van der Waals surface area contributed by atoms with Crippen molar-refractivity contribution in [3.8, 4) is 0 Å². The lowest BCUT2D eigenvalue weighted by Gasteiger charge is -2.20. The highest BCUT2D eigenvalue weighted by molar-refractivity contribution is 5.76. The van der Waals surface area contributed by atoms with Gasteiger partial charge in [-0.25, -0.2) is 0 Å². The first-order chi connectivity index (χ1) is 35.0. The molecule has 3 N–H and O–H groups in total. The largest absolute Gasteiger partial charge is 0.466 e. The number of hydrogen-bond donors (Lipinski definition) is 3. The molecule has 6 heteroatoms. The number of esters is 1. The van der Waals surface area contributed by atoms with E-state index >= 15 is 0 Å². The van der Waals surface area contributed by atoms with Gasteiger partial charge in [-0.05, 0) is 64.2 Å². The zero-order chi connectivity index (χ0) is 51.4. The summed E-state index contributed by atoms with van der Waals surface area (Å²) in [6.07, 6.45) is 76.1. The Labute approximate surface area is 443 Å². The second-order valence-electron chi connectivity index (χ2n) is 21.7. The minimum Gasteiger partial charge on any atom is -0.466 e. The lowest BCUT2D eigenvalue weighted by atomic mass is 10.0. The zero-order valence-corrected chi connectivity index (χ0v) is 47.7. The smallest absolute Gasteiger partial charge is 0.305 e. The highest BCUT2D eigenvalue weighted by Gasteiger charge is 2.18. The van der Waals surface area contributed by atoms with Crippen LogP contribution in [-0.2, 0) is 14.3 Å². The first-order valence-electron chi connectivity index (χ1n) is 31.8. The molecular formula is C65H123NO5. The lowest BCUT2D eigenvalue weighted by Crippen LogP contribution is -2.45. The molecule has 418 valence electrons. The van der Waals surface area contributed by atoms with Gasteiger partial charge in [-0.1, -0.05) is 301 Å². The van der Waals surface area contributed by atoms with Crippen LogP contribution in [0.2, 0.25) is 0 Å². The van der Waals surface area contributed by atoms with E-state index in [0.29, 0.717) is 19.4 Å². The molecular weight excluding hydrogens is 875 g/mol. The molecule has 0 aromatic carbocycles. The van der Waals surface area contributed by atoms with E-state index in [1.54, 1.807) is 6.08 Å². The number of carbonyl (C=O) groups is 2. The number of aliphatic hydroxyl groups is 2. The molecule has 71 heavy (non-hydrogen) atoms. The highest BCUT2D eigenvalue weighted by Crippen LogP contribution is 2.18. The van der Waals surface area contributed by atoms with Crippen molar-refractivity contribution in [1.82, 2.24) is 5.32 Å². The van der Waals surface area contributed by atoms with Crippen LogP contribution in [0.5, 0.6) is 0 Å². The van der Waals surface area contributed by atoms with Crippen LogP contribution in [0, 0.1) is 0 Å². The molecule has 0 saturated carbocycles. The molecule has 0 heterocycles. The summed E-state index contributed by atoms with van der Waals surface area (Å²) in [5.41, 5.74) is 0. The van der Waals surface area contributed by atoms with Gasteiger partial charge in [0.05, 0.1) is 25.4 Å². The maximum absolute atomic E-state index is 12.5. The van der Waals surface area contributed by atoms with E-state index in [1.807, 2.05) is 6.08 Å². The monoisotopic (exact) mass is 998 g/mol. The summed E-state index contributed by atoms with van der Waals surface area (Å²) in [6.45, 7) is 4.88. The van der Waals surface area contributed by atoms with E-state index in [-0.39, 0.29) is 18.5 Å². The third-order valence-electron chi connectivity index (χ3n) is 14.7. The summed E-state index contributed by atoms with van der Waals surface area (Å²) in [5.74, 6) is -0.0800. The van der Waals surface area contributed by atoms with Crippen molar-refractivity contribution < 1.29 is 24.5 Å². The molecule has 6 nitrogen and oxygen atoms in total. The van der Waals surface area contributed by atoms with Crippen molar-refractivity contribution in [1.29, 1.82) is 0 Å². The van der Waals surface area contributed by atoms with Crippen LogP contribution in [0.25, 0.3) is 0 Å². The molecule has 0 spiro atoms. The Bertz CT molecular complexity index is 1150. The van der Waals surface area contributed by atoms with E-state index in [1.165, 1.54) is 263 Å². The number of ether oxygens (including phenoxy) is 1. The molecule has 0 bridgehead atoms. The maximum atomic E-state index is 12.5. The van der Waals surface area contributed by atoms with E-state index in [4.69, 9.17) is 4.74 Å². The van der Waals surface area contributed by atoms with E-state index in [0.717, 1.165) is 51.4 Å². The topological polar surface area (TPSA) is 95.9 Å². The minimum atomic E-state index is -0.850. The average Bonchev–Trinajstić information content (AvgIpc) is 3.37. The molecule has 1 amide bonds. The van der Waals surface area contributed by atoms with Gasteiger partial charge in [0.25, 0.3) is 0 Å². The maximum Gasteiger partial charge on any atom is 0.305 e. The Hall–Kier alpha value is -1.92. The van der Waals surface area contributed by atoms with Crippen LogP contribution in [-0.4, -0.2) is 47.4 Å². The first kappa shape index (κ1) is 69.1. The van der Waals surface area contributed by atoms with Gasteiger partial charge >= 0.3 is 5.97 Å². The Kier molecular flexibility index (Phi) is 59.0. The van der Waals surface area contributed by atoms with Crippen molar-refractivity contribution in [2.75, 3.05) is 13.2 Å². The fourth-order valence-corrected chi connectivity index (χ4v) is 9.78. The van der Waals surface area contributed by atoms with E-state index < -0.39 is 12.1 Å². The average molecular weight is 999 g/mol. The van der Waals surface area contributed by atoms with Gasteiger partial charge in [-0.2, -0.15) is 0 Å². The molecule has 0 radical (unpaired) electrons. The first-order valence-corrected chi connectivity index (χ1v) is 31.8. The molecule has 0 rings (SSSR count). The number of carbonyl (C=O) groups excluding carboxylic acids is 2. The lowest BCUT2D eigenvalue weighted by molar-refractivity contribution is -0.143. The van der Waals surface area contributed by atoms with Crippen LogP contribution in [0.3, 0.4) is 0 Å². The molecule has 2 unspecified atom stereocenters. The van der Waals surface area contributed by atoms with Crippen LogP contribution in [0.1, 0.15) is 341 Å². The third kappa shape index (κ3) is 57.2. The van der Waals surface area contributed by atoms with Gasteiger partial charge < -0.3 is 20.3 Å². The predicted octanol–water partition coefficient (Wildman–Crippen LogP) is 20.0. The Balaban J connectivity index is 3.46. The molecule has 0 fully saturated rings. The van der Waals surface area contributed by atoms with Crippen molar-refractivity contribution in [2.45, 2.75) is 353 Å². The fraction of sp³-hybridized carbons (Fsp3) is 0.877. The van der Waals surface area contributed by atoms with Gasteiger partial charge in [0, 0.05) is 12.8 Å². The SMILES string of the molecule is CCCCC/C=C\C/C=C\CCCCCCCC(=O)OCCCCCCCCCCCCCCCCCCCC(=O)NC(CO)C(O)/C=C/CCCCCCCCCCCCCCCCCCCCCC. The zero-order valence-electron chi connectivity index (χ0n) is 47.7. The number of rotatable bonds is 59. The number of amides is 1. The molecule has 0 saturated heterocycles. The summed E-state index contributed by atoms with van der Waals surface area (Å²) in [4.78, 5) is 24.6. The van der Waals surface area contributed by atoms with E-state index in [2.05, 4.69) is 43.5 Å². The second kappa shape index (κ2) is 60.6. The van der Waals surface area contributed by atoms with Gasteiger partial charge in [0.1, 0.15) is 0 Å². The predicted molar refractivity (Wildman–Crippen MR) is 310 cm³/mol. The second-order valence-corrected chi connectivity index (χ2v) is 21.7. The van der Waals surface area contributed by atoms with Gasteiger partial charge in [0.2, 0.25) is 5.91 Å². The standard InChI is InChI=1S/C65H123NO5/c1-3-5-7-9-11-13-15-17-19-20-21-22-23-24-26-30-33-37-41-45-49-53-57-63(68)62(61-67)66-64(69)58-54-50-46-42-38-34-31-27-25-28-32-36-40-44-48-52-56-60-71-65(70)59-55-51-47-43-39-35-29-18-16-14-12-10-8-6-4-2/h12,14,18,29,53,57,62-63,67-68H,3-11,13,15-17,19-28,30-52,54-56,58-61H2,1-2H3,(H,66,69)/b14-12-,29-18-,57-53+. The minimum absolute atomic E-state index is 0.00916. The number of unbranched alkanes of at least 4 members (excludes halogenated alkanes) is 44. The molecule has 0 aliphatic rings. The Morgan fingerprint density at radius 1 is 0.394 bits per heavy atom. The van der Waals surface area contributed by atoms with Crippen LogP contribution >= 0.6 is 0 Å². The van der Waals surface area contributed by atoms with Crippen LogP contribution < -0.4 is 5.32 Å². The Morgan fingerprint density at radius 2 is 0.704 bits per heavy atom. The van der Waals surface area contributed by atoms with Crippen LogP contribution in [0.15, 0.2) is 36.5 Å². The number of nitrogens with one attached hydrogen (secondary N) is 1. The Morgan fingerprint density at radius 3 is 1.10 bits per heavy atom. The van der Waals surface area contributed by atoms with Crippen molar-refractivity contribution in [2.24, 2.45) is 0 Å². The number of allylic oxidation sites excluding steroid dienone is 5. The van der Waals surface area contributed by atoms with Gasteiger partial charge in [0.15, 0.2) is 0 Å². The molecule has 0 aliphatic heterocycles. The molecule has 0 aliphatic carbocycles. The molecule has 2 atom stereocenters. The van der Waals surface area contributed by atoms with Gasteiger partial charge in [-0.15, -0.1) is 0 Å². The quantitative estimate of drug-likeness (QED) is 0.0321. The van der Waals surface area contributed by atoms with Crippen LogP contribution in [0.4, 0.5) is 0 Å². The third-order valence-corrected chi connectivity index (χ3v) is 14.7. The normalized spacial score (nSPS) is 12.8. The van der Waals surface area contributed by atoms with E-state index in [9.17, 15) is 19.8 Å². The fourth-order valence-electron chi connectivity index (χ4n) is 9.78. The summed E-state index contributed by atoms with van der Waals surface area (Å²) < 4.78 is 5.47. The molecule has 0 aromatic rings. The van der Waals surface area contributed by atoms with Crippen molar-refractivity contribution in [3.05, 3.63) is 36.5 Å². The molecule has 0 aromatic heterocycles. The van der Waals surface area contributed by atoms with Crippen molar-refractivity contribution in [3.63, 3.8) is 0 Å². The summed E-state index contributed by atoms with van der Waals surface area (Å²) in [7, 11) is 0. The summed E-state index contributed by atoms with van der Waals surface area (Å²) in [5, 5.41) is 23.2. The highest BCUT2D eigenvalue weighted by atomic mass is 16.5.